The monoisotopic (exact) mass is 323 g/mol. The number of carbonyl (C=O) groups is 1. The fraction of sp³-hybridized carbons (Fsp3) is 0.600. The number of methoxy groups -OCH3 is 1. The van der Waals surface area contributed by atoms with E-state index in [2.05, 4.69) is 4.90 Å². The normalized spacial score (nSPS) is 24.4. The zero-order valence-corrected chi connectivity index (χ0v) is 13.2. The Morgan fingerprint density at radius 2 is 2.09 bits per heavy atom. The van der Waals surface area contributed by atoms with E-state index < -0.39 is 16.9 Å². The molecule has 1 amide bonds. The summed E-state index contributed by atoms with van der Waals surface area (Å²) in [6.45, 7) is 4.43. The molecule has 0 spiro atoms. The lowest BCUT2D eigenvalue weighted by Crippen LogP contribution is -2.64. The highest BCUT2D eigenvalue weighted by Gasteiger charge is 2.43. The van der Waals surface area contributed by atoms with E-state index >= 15 is 0 Å². The minimum Gasteiger partial charge on any atom is -0.503 e. The van der Waals surface area contributed by atoms with Gasteiger partial charge in [0, 0.05) is 26.2 Å². The van der Waals surface area contributed by atoms with Crippen molar-refractivity contribution in [2.75, 3.05) is 26.8 Å². The highest BCUT2D eigenvalue weighted by molar-refractivity contribution is 5.96. The van der Waals surface area contributed by atoms with Gasteiger partial charge in [0.05, 0.1) is 19.3 Å². The van der Waals surface area contributed by atoms with Gasteiger partial charge in [0.1, 0.15) is 6.17 Å². The molecule has 3 heterocycles. The fourth-order valence-corrected chi connectivity index (χ4v) is 3.42. The standard InChI is InChI=1S/C15H21N3O5/c1-9-3-4-16(5-6-23-2)11-8-17-7-10(19)13(20)14(21)12(17)15(22)18(9)11/h7,9,11,19,21H,3-6,8H2,1-2H3/t9-,11-/m0/s1. The first-order valence-corrected chi connectivity index (χ1v) is 7.66. The van der Waals surface area contributed by atoms with Crippen LogP contribution in [0.4, 0.5) is 0 Å². The van der Waals surface area contributed by atoms with Crippen LogP contribution in [0.2, 0.25) is 0 Å². The molecule has 8 nitrogen and oxygen atoms in total. The molecular weight excluding hydrogens is 302 g/mol. The summed E-state index contributed by atoms with van der Waals surface area (Å²) in [6, 6.07) is 0.0170. The first-order valence-electron chi connectivity index (χ1n) is 7.66. The Morgan fingerprint density at radius 3 is 2.78 bits per heavy atom. The molecule has 2 aliphatic heterocycles. The molecule has 2 aliphatic rings. The number of rotatable bonds is 3. The van der Waals surface area contributed by atoms with Gasteiger partial charge in [-0.15, -0.1) is 0 Å². The molecule has 1 aromatic heterocycles. The van der Waals surface area contributed by atoms with Crippen molar-refractivity contribution in [1.82, 2.24) is 14.4 Å². The molecule has 2 N–H and O–H groups in total. The number of carbonyl (C=O) groups excluding carboxylic acids is 1. The number of hydrogen-bond acceptors (Lipinski definition) is 6. The molecule has 23 heavy (non-hydrogen) atoms. The van der Waals surface area contributed by atoms with E-state index in [4.69, 9.17) is 4.74 Å². The summed E-state index contributed by atoms with van der Waals surface area (Å²) >= 11 is 0. The lowest BCUT2D eigenvalue weighted by molar-refractivity contribution is -0.0396. The zero-order chi connectivity index (χ0) is 16.7. The first-order chi connectivity index (χ1) is 11.0. The molecule has 1 saturated heterocycles. The minimum absolute atomic E-state index is 0.0170. The molecule has 0 unspecified atom stereocenters. The third-order valence-corrected chi connectivity index (χ3v) is 4.67. The van der Waals surface area contributed by atoms with Crippen LogP contribution in [0.3, 0.4) is 0 Å². The van der Waals surface area contributed by atoms with Gasteiger partial charge in [-0.25, -0.2) is 0 Å². The van der Waals surface area contributed by atoms with Crippen molar-refractivity contribution in [3.05, 3.63) is 22.1 Å². The number of fused-ring (bicyclic) bond motifs is 2. The van der Waals surface area contributed by atoms with Crippen LogP contribution < -0.4 is 5.43 Å². The van der Waals surface area contributed by atoms with Crippen LogP contribution in [-0.2, 0) is 11.3 Å². The quantitative estimate of drug-likeness (QED) is 0.799. The third kappa shape index (κ3) is 2.47. The van der Waals surface area contributed by atoms with Crippen molar-refractivity contribution in [2.24, 2.45) is 0 Å². The van der Waals surface area contributed by atoms with E-state index in [-0.39, 0.29) is 23.8 Å². The Balaban J connectivity index is 2.04. The second-order valence-electron chi connectivity index (χ2n) is 6.05. The summed E-state index contributed by atoms with van der Waals surface area (Å²) in [5.41, 5.74) is -0.964. The van der Waals surface area contributed by atoms with Crippen molar-refractivity contribution in [3.8, 4) is 11.5 Å². The summed E-state index contributed by atoms with van der Waals surface area (Å²) in [4.78, 5) is 28.4. The van der Waals surface area contributed by atoms with Crippen LogP contribution in [0.25, 0.3) is 0 Å². The van der Waals surface area contributed by atoms with Crippen molar-refractivity contribution >= 4 is 5.91 Å². The molecule has 0 saturated carbocycles. The zero-order valence-electron chi connectivity index (χ0n) is 13.2. The van der Waals surface area contributed by atoms with Crippen molar-refractivity contribution in [3.63, 3.8) is 0 Å². The molecular formula is C15H21N3O5. The Morgan fingerprint density at radius 1 is 1.35 bits per heavy atom. The lowest BCUT2D eigenvalue weighted by atomic mass is 10.0. The Labute approximate surface area is 133 Å². The highest BCUT2D eigenvalue weighted by atomic mass is 16.5. The molecule has 0 bridgehead atoms. The van der Waals surface area contributed by atoms with Crippen LogP contribution >= 0.6 is 0 Å². The number of nitrogens with zero attached hydrogens (tertiary/aromatic N) is 3. The average Bonchev–Trinajstić information content (AvgIpc) is 2.51. The molecule has 1 fully saturated rings. The predicted molar refractivity (Wildman–Crippen MR) is 81.5 cm³/mol. The van der Waals surface area contributed by atoms with E-state index in [1.807, 2.05) is 6.92 Å². The summed E-state index contributed by atoms with van der Waals surface area (Å²) in [6.07, 6.45) is 1.85. The second-order valence-corrected chi connectivity index (χ2v) is 6.05. The largest absolute Gasteiger partial charge is 0.503 e. The van der Waals surface area contributed by atoms with Gasteiger partial charge in [0.15, 0.2) is 17.2 Å². The minimum atomic E-state index is -0.913. The average molecular weight is 323 g/mol. The smallest absolute Gasteiger partial charge is 0.276 e. The van der Waals surface area contributed by atoms with Crippen molar-refractivity contribution in [1.29, 1.82) is 0 Å². The van der Waals surface area contributed by atoms with Crippen molar-refractivity contribution in [2.45, 2.75) is 32.1 Å². The van der Waals surface area contributed by atoms with Crippen LogP contribution in [0.1, 0.15) is 23.8 Å². The molecule has 0 radical (unpaired) electrons. The van der Waals surface area contributed by atoms with Gasteiger partial charge < -0.3 is 24.4 Å². The van der Waals surface area contributed by atoms with Gasteiger partial charge in [-0.05, 0) is 13.3 Å². The van der Waals surface area contributed by atoms with E-state index in [1.54, 1.807) is 12.0 Å². The maximum absolute atomic E-state index is 12.8. The number of aromatic hydroxyl groups is 2. The van der Waals surface area contributed by atoms with Crippen LogP contribution in [-0.4, -0.2) is 69.5 Å². The number of hydrogen-bond donors (Lipinski definition) is 2. The molecule has 126 valence electrons. The third-order valence-electron chi connectivity index (χ3n) is 4.67. The molecule has 1 aromatic rings. The van der Waals surface area contributed by atoms with Gasteiger partial charge in [-0.3, -0.25) is 14.5 Å². The summed E-state index contributed by atoms with van der Waals surface area (Å²) in [5, 5.41) is 19.6. The van der Waals surface area contributed by atoms with E-state index in [0.717, 1.165) is 13.0 Å². The van der Waals surface area contributed by atoms with E-state index in [9.17, 15) is 19.8 Å². The highest BCUT2D eigenvalue weighted by Crippen LogP contribution is 2.31. The Kier molecular flexibility index (Phi) is 4.03. The summed E-state index contributed by atoms with van der Waals surface area (Å²) < 4.78 is 6.59. The number of aromatic nitrogens is 1. The Hall–Kier alpha value is -2.06. The lowest BCUT2D eigenvalue weighted by Gasteiger charge is -2.50. The van der Waals surface area contributed by atoms with Gasteiger partial charge in [-0.2, -0.15) is 0 Å². The van der Waals surface area contributed by atoms with Crippen LogP contribution in [0.5, 0.6) is 11.5 Å². The van der Waals surface area contributed by atoms with Gasteiger partial charge in [0.2, 0.25) is 0 Å². The summed E-state index contributed by atoms with van der Waals surface area (Å²) in [7, 11) is 1.63. The molecule has 8 heteroatoms. The number of amides is 1. The van der Waals surface area contributed by atoms with Crippen LogP contribution in [0.15, 0.2) is 11.0 Å². The molecule has 3 rings (SSSR count). The maximum atomic E-state index is 12.8. The summed E-state index contributed by atoms with van der Waals surface area (Å²) in [5.74, 6) is -1.63. The number of pyridine rings is 1. The first kappa shape index (κ1) is 15.8. The Bertz CT molecular complexity index is 684. The van der Waals surface area contributed by atoms with Gasteiger partial charge in [-0.1, -0.05) is 0 Å². The van der Waals surface area contributed by atoms with Crippen molar-refractivity contribution < 1.29 is 19.7 Å². The SMILES string of the molecule is COCCN1CC[C@H](C)N2C(=O)c3c(O)c(=O)c(O)cn3C[C@@H]12. The molecule has 2 atom stereocenters. The molecule has 0 aliphatic carbocycles. The van der Waals surface area contributed by atoms with Crippen LogP contribution in [0, 0.1) is 0 Å². The second kappa shape index (κ2) is 5.86. The molecule has 0 aromatic carbocycles. The number of ether oxygens (including phenoxy) is 1. The topological polar surface area (TPSA) is 95.2 Å². The van der Waals surface area contributed by atoms with E-state index in [1.165, 1.54) is 10.8 Å². The maximum Gasteiger partial charge on any atom is 0.276 e. The predicted octanol–water partition coefficient (Wildman–Crippen LogP) is -0.218. The van der Waals surface area contributed by atoms with E-state index in [0.29, 0.717) is 19.7 Å². The van der Waals surface area contributed by atoms with Gasteiger partial charge >= 0.3 is 0 Å². The fourth-order valence-electron chi connectivity index (χ4n) is 3.42. The van der Waals surface area contributed by atoms with Gasteiger partial charge in [0.25, 0.3) is 11.3 Å².